The molecule has 6 heteroatoms. The third-order valence-electron chi connectivity index (χ3n) is 4.26. The van der Waals surface area contributed by atoms with Crippen molar-refractivity contribution in [1.29, 1.82) is 0 Å². The zero-order valence-corrected chi connectivity index (χ0v) is 13.9. The Morgan fingerprint density at radius 3 is 2.48 bits per heavy atom. The Labute approximate surface area is 140 Å². The van der Waals surface area contributed by atoms with E-state index in [0.717, 1.165) is 16.6 Å². The summed E-state index contributed by atoms with van der Waals surface area (Å²) in [5.74, 6) is 0. The lowest BCUT2D eigenvalue weighted by Crippen LogP contribution is -2.37. The molecule has 0 N–H and O–H groups in total. The van der Waals surface area contributed by atoms with Crippen LogP contribution in [0.4, 0.5) is 0 Å². The molecule has 0 saturated carbocycles. The van der Waals surface area contributed by atoms with Gasteiger partial charge < -0.3 is 4.57 Å². The lowest BCUT2D eigenvalue weighted by Gasteiger charge is -2.28. The number of sulfonamides is 1. The Balaban J connectivity index is 1.71. The molecule has 0 unspecified atom stereocenters. The van der Waals surface area contributed by atoms with Gasteiger partial charge in [-0.25, -0.2) is 8.42 Å². The van der Waals surface area contributed by atoms with Crippen molar-refractivity contribution in [2.45, 2.75) is 18.0 Å². The van der Waals surface area contributed by atoms with E-state index in [2.05, 4.69) is 22.8 Å². The number of hydrogen-bond donors (Lipinski definition) is 0. The van der Waals surface area contributed by atoms with E-state index in [9.17, 15) is 8.42 Å². The van der Waals surface area contributed by atoms with Crippen LogP contribution in [0.5, 0.6) is 0 Å². The summed E-state index contributed by atoms with van der Waals surface area (Å²) in [5.41, 5.74) is 2.18. The highest BCUT2D eigenvalue weighted by atomic mass is 35.5. The summed E-state index contributed by atoms with van der Waals surface area (Å²) in [6, 6.07) is 16.5. The Morgan fingerprint density at radius 2 is 1.70 bits per heavy atom. The Morgan fingerprint density at radius 1 is 0.957 bits per heavy atom. The zero-order valence-electron chi connectivity index (χ0n) is 12.3. The first-order valence-electron chi connectivity index (χ1n) is 7.38. The molecule has 1 aliphatic rings. The van der Waals surface area contributed by atoms with Crippen LogP contribution in [0.15, 0.2) is 59.5 Å². The predicted octanol–water partition coefficient (Wildman–Crippen LogP) is 3.50. The highest BCUT2D eigenvalue weighted by Crippen LogP contribution is 2.27. The van der Waals surface area contributed by atoms with Crippen LogP contribution in [0.2, 0.25) is 5.02 Å². The average Bonchev–Trinajstić information content (AvgIpc) is 2.93. The van der Waals surface area contributed by atoms with Crippen molar-refractivity contribution < 1.29 is 8.42 Å². The Hall–Kier alpha value is -1.82. The largest absolute Gasteiger partial charge is 0.342 e. The lowest BCUT2D eigenvalue weighted by atomic mass is 10.2. The standard InChI is InChI=1S/C17H15ClN2O2S/c18-14-5-7-16(8-6-14)23(21,22)19-9-10-20-15(12-19)11-13-3-1-2-4-17(13)20/h1-8,11H,9-10,12H2. The van der Waals surface area contributed by atoms with Crippen LogP contribution in [0.1, 0.15) is 5.69 Å². The fourth-order valence-electron chi connectivity index (χ4n) is 3.09. The Kier molecular flexibility index (Phi) is 3.44. The van der Waals surface area contributed by atoms with Gasteiger partial charge >= 0.3 is 0 Å². The maximum Gasteiger partial charge on any atom is 0.243 e. The van der Waals surface area contributed by atoms with Crippen molar-refractivity contribution in [2.75, 3.05) is 6.54 Å². The second-order valence-corrected chi connectivity index (χ2v) is 8.01. The maximum atomic E-state index is 12.8. The second kappa shape index (κ2) is 5.37. The molecule has 0 radical (unpaired) electrons. The first-order chi connectivity index (χ1) is 11.1. The number of hydrogen-bond acceptors (Lipinski definition) is 2. The van der Waals surface area contributed by atoms with Gasteiger partial charge in [0, 0.05) is 29.3 Å². The smallest absolute Gasteiger partial charge is 0.243 e. The van der Waals surface area contributed by atoms with Gasteiger partial charge in [0.1, 0.15) is 0 Å². The summed E-state index contributed by atoms with van der Waals surface area (Å²) < 4.78 is 29.3. The summed E-state index contributed by atoms with van der Waals surface area (Å²) in [5, 5.41) is 1.68. The summed E-state index contributed by atoms with van der Waals surface area (Å²) in [4.78, 5) is 0.284. The van der Waals surface area contributed by atoms with E-state index in [1.54, 1.807) is 24.3 Å². The second-order valence-electron chi connectivity index (χ2n) is 5.64. The van der Waals surface area contributed by atoms with Crippen LogP contribution in [-0.4, -0.2) is 23.8 Å². The van der Waals surface area contributed by atoms with Gasteiger partial charge in [-0.15, -0.1) is 0 Å². The van der Waals surface area contributed by atoms with E-state index in [4.69, 9.17) is 11.6 Å². The van der Waals surface area contributed by atoms with E-state index in [-0.39, 0.29) is 4.90 Å². The van der Waals surface area contributed by atoms with Gasteiger partial charge in [0.15, 0.2) is 0 Å². The molecule has 4 rings (SSSR count). The molecule has 0 atom stereocenters. The normalized spacial score (nSPS) is 15.7. The van der Waals surface area contributed by atoms with Crippen molar-refractivity contribution in [3.05, 3.63) is 65.3 Å². The van der Waals surface area contributed by atoms with Crippen molar-refractivity contribution in [3.63, 3.8) is 0 Å². The van der Waals surface area contributed by atoms with E-state index < -0.39 is 10.0 Å². The van der Waals surface area contributed by atoms with Gasteiger partial charge in [-0.05, 0) is 41.8 Å². The van der Waals surface area contributed by atoms with Gasteiger partial charge in [0.25, 0.3) is 0 Å². The first-order valence-corrected chi connectivity index (χ1v) is 9.20. The molecular formula is C17H15ClN2O2S. The molecule has 1 aliphatic heterocycles. The summed E-state index contributed by atoms with van der Waals surface area (Å²) in [6.45, 7) is 1.52. The topological polar surface area (TPSA) is 42.3 Å². The molecule has 0 spiro atoms. The van der Waals surface area contributed by atoms with E-state index in [1.807, 2.05) is 12.1 Å². The minimum Gasteiger partial charge on any atom is -0.342 e. The molecule has 4 nitrogen and oxygen atoms in total. The van der Waals surface area contributed by atoms with Gasteiger partial charge in [-0.3, -0.25) is 0 Å². The van der Waals surface area contributed by atoms with Crippen molar-refractivity contribution in [1.82, 2.24) is 8.87 Å². The molecule has 0 saturated heterocycles. The third kappa shape index (κ3) is 2.45. The number of halogens is 1. The molecule has 0 fully saturated rings. The monoisotopic (exact) mass is 346 g/mol. The van der Waals surface area contributed by atoms with E-state index in [0.29, 0.717) is 24.7 Å². The zero-order chi connectivity index (χ0) is 16.0. The third-order valence-corrected chi connectivity index (χ3v) is 6.37. The molecule has 1 aromatic heterocycles. The lowest BCUT2D eigenvalue weighted by molar-refractivity contribution is 0.345. The molecule has 2 heterocycles. The SMILES string of the molecule is O=S(=O)(c1ccc(Cl)cc1)N1CCn2c(cc3ccccc32)C1. The molecule has 3 aromatic rings. The predicted molar refractivity (Wildman–Crippen MR) is 91.0 cm³/mol. The number of nitrogens with zero attached hydrogens (tertiary/aromatic N) is 2. The van der Waals surface area contributed by atoms with Crippen LogP contribution in [-0.2, 0) is 23.1 Å². The number of fused-ring (bicyclic) bond motifs is 3. The molecule has 0 bridgehead atoms. The van der Waals surface area contributed by atoms with E-state index >= 15 is 0 Å². The highest BCUT2D eigenvalue weighted by molar-refractivity contribution is 7.89. The molecule has 118 valence electrons. The van der Waals surface area contributed by atoms with Gasteiger partial charge in [0.2, 0.25) is 10.0 Å². The number of rotatable bonds is 2. The fraction of sp³-hybridized carbons (Fsp3) is 0.176. The number of para-hydroxylation sites is 1. The minimum absolute atomic E-state index is 0.284. The maximum absolute atomic E-state index is 12.8. The Bertz CT molecular complexity index is 978. The fourth-order valence-corrected chi connectivity index (χ4v) is 4.62. The average molecular weight is 347 g/mol. The van der Waals surface area contributed by atoms with Crippen LogP contribution >= 0.6 is 11.6 Å². The van der Waals surface area contributed by atoms with Crippen molar-refractivity contribution >= 4 is 32.5 Å². The van der Waals surface area contributed by atoms with Crippen LogP contribution < -0.4 is 0 Å². The van der Waals surface area contributed by atoms with Crippen molar-refractivity contribution in [2.24, 2.45) is 0 Å². The summed E-state index contributed by atoms with van der Waals surface area (Å²) in [7, 11) is -3.50. The molecular weight excluding hydrogens is 332 g/mol. The van der Waals surface area contributed by atoms with Crippen LogP contribution in [0, 0.1) is 0 Å². The first kappa shape index (κ1) is 14.8. The van der Waals surface area contributed by atoms with Gasteiger partial charge in [-0.1, -0.05) is 29.8 Å². The highest BCUT2D eigenvalue weighted by Gasteiger charge is 2.29. The summed E-state index contributed by atoms with van der Waals surface area (Å²) in [6.07, 6.45) is 0. The number of benzene rings is 2. The van der Waals surface area contributed by atoms with Crippen molar-refractivity contribution in [3.8, 4) is 0 Å². The quantitative estimate of drug-likeness (QED) is 0.712. The molecule has 0 aliphatic carbocycles. The van der Waals surface area contributed by atoms with Crippen LogP contribution in [0.25, 0.3) is 10.9 Å². The van der Waals surface area contributed by atoms with Crippen LogP contribution in [0.3, 0.4) is 0 Å². The van der Waals surface area contributed by atoms with Gasteiger partial charge in [-0.2, -0.15) is 4.31 Å². The molecule has 0 amide bonds. The molecule has 2 aromatic carbocycles. The van der Waals surface area contributed by atoms with E-state index in [1.165, 1.54) is 4.31 Å². The minimum atomic E-state index is -3.50. The van der Waals surface area contributed by atoms with Gasteiger partial charge in [0.05, 0.1) is 11.4 Å². The number of aromatic nitrogens is 1. The molecule has 23 heavy (non-hydrogen) atoms. The summed E-state index contributed by atoms with van der Waals surface area (Å²) >= 11 is 5.85.